The average Bonchev–Trinajstić information content (AvgIpc) is 2.92. The second-order valence-corrected chi connectivity index (χ2v) is 4.95. The van der Waals surface area contributed by atoms with Crippen molar-refractivity contribution >= 4 is 0 Å². The average molecular weight is 236 g/mol. The summed E-state index contributed by atoms with van der Waals surface area (Å²) in [4.78, 5) is 0. The summed E-state index contributed by atoms with van der Waals surface area (Å²) >= 11 is 0. The van der Waals surface area contributed by atoms with Crippen LogP contribution in [0.1, 0.15) is 34.9 Å². The molecule has 0 amide bonds. The van der Waals surface area contributed by atoms with Gasteiger partial charge in [0.2, 0.25) is 0 Å². The van der Waals surface area contributed by atoms with Gasteiger partial charge in [0.15, 0.2) is 0 Å². The number of hydrogen-bond acceptors (Lipinski definition) is 1. The molecule has 0 radical (unpaired) electrons. The molecule has 90 valence electrons. The van der Waals surface area contributed by atoms with Gasteiger partial charge in [0.25, 0.3) is 0 Å². The lowest BCUT2D eigenvalue weighted by atomic mass is 10.0. The predicted molar refractivity (Wildman–Crippen MR) is 71.9 cm³/mol. The molecule has 1 atom stereocenters. The number of rotatable bonds is 1. The van der Waals surface area contributed by atoms with Crippen LogP contribution in [0.25, 0.3) is 5.69 Å². The van der Waals surface area contributed by atoms with E-state index in [1.54, 1.807) is 0 Å². The normalized spacial score (nSPS) is 17.5. The van der Waals surface area contributed by atoms with Crippen molar-refractivity contribution in [3.05, 3.63) is 52.8 Å². The smallest absolute Gasteiger partial charge is 0.0736 e. The molecule has 0 aliphatic heterocycles. The number of hydrogen-bond donors (Lipinski definition) is 0. The number of benzene rings is 1. The van der Waals surface area contributed by atoms with Crippen LogP contribution in [0.3, 0.4) is 0 Å². The Morgan fingerprint density at radius 1 is 1.17 bits per heavy atom. The molecule has 1 aromatic heterocycles. The fourth-order valence-corrected chi connectivity index (χ4v) is 3.22. The third-order valence-corrected chi connectivity index (χ3v) is 4.02. The Labute approximate surface area is 107 Å². The number of nitriles is 1. The van der Waals surface area contributed by atoms with E-state index in [1.165, 1.54) is 28.2 Å². The van der Waals surface area contributed by atoms with E-state index >= 15 is 0 Å². The second-order valence-electron chi connectivity index (χ2n) is 4.95. The van der Waals surface area contributed by atoms with Crippen LogP contribution in [0.4, 0.5) is 0 Å². The van der Waals surface area contributed by atoms with Crippen molar-refractivity contribution in [2.24, 2.45) is 0 Å². The van der Waals surface area contributed by atoms with E-state index in [9.17, 15) is 5.26 Å². The minimum Gasteiger partial charge on any atom is -0.318 e. The molecule has 0 fully saturated rings. The van der Waals surface area contributed by atoms with E-state index < -0.39 is 0 Å². The van der Waals surface area contributed by atoms with E-state index in [2.05, 4.69) is 48.7 Å². The molecule has 2 aromatic rings. The van der Waals surface area contributed by atoms with Gasteiger partial charge in [-0.15, -0.1) is 0 Å². The topological polar surface area (TPSA) is 28.7 Å². The van der Waals surface area contributed by atoms with Crippen LogP contribution >= 0.6 is 0 Å². The summed E-state index contributed by atoms with van der Waals surface area (Å²) in [5, 5.41) is 9.25. The minimum absolute atomic E-state index is 0.0867. The molecule has 0 saturated heterocycles. The van der Waals surface area contributed by atoms with Crippen molar-refractivity contribution in [3.63, 3.8) is 0 Å². The third-order valence-electron chi connectivity index (χ3n) is 4.02. The van der Waals surface area contributed by atoms with Crippen LogP contribution in [0.2, 0.25) is 0 Å². The summed E-state index contributed by atoms with van der Waals surface area (Å²) in [7, 11) is 0. The third kappa shape index (κ3) is 1.41. The van der Waals surface area contributed by atoms with Crippen LogP contribution in [-0.2, 0) is 6.42 Å². The standard InChI is InChI=1S/C16H16N2/c1-11-15-9-8-13(10-17)16(15)12(2)18(11)14-6-4-3-5-7-14/h3-7,13H,8-9H2,1-2H3. The van der Waals surface area contributed by atoms with Gasteiger partial charge in [-0.05, 0) is 49.9 Å². The van der Waals surface area contributed by atoms with Gasteiger partial charge in [0, 0.05) is 17.1 Å². The Hall–Kier alpha value is -2.01. The highest BCUT2D eigenvalue weighted by Crippen LogP contribution is 2.39. The van der Waals surface area contributed by atoms with E-state index in [1.807, 2.05) is 6.07 Å². The molecule has 3 rings (SSSR count). The molecule has 0 bridgehead atoms. The van der Waals surface area contributed by atoms with Gasteiger partial charge in [-0.2, -0.15) is 5.26 Å². The summed E-state index contributed by atoms with van der Waals surface area (Å²) in [5.74, 6) is 0.0867. The van der Waals surface area contributed by atoms with E-state index in [0.717, 1.165) is 12.8 Å². The van der Waals surface area contributed by atoms with Crippen molar-refractivity contribution in [1.82, 2.24) is 4.57 Å². The first kappa shape index (κ1) is 11.1. The van der Waals surface area contributed by atoms with Crippen LogP contribution in [0.15, 0.2) is 30.3 Å². The van der Waals surface area contributed by atoms with Crippen molar-refractivity contribution in [2.45, 2.75) is 32.6 Å². The molecule has 1 heterocycles. The molecular formula is C16H16N2. The molecule has 2 nitrogen and oxygen atoms in total. The maximum absolute atomic E-state index is 9.25. The molecule has 1 unspecified atom stereocenters. The van der Waals surface area contributed by atoms with Crippen LogP contribution in [-0.4, -0.2) is 4.57 Å². The number of nitrogens with zero attached hydrogens (tertiary/aromatic N) is 2. The number of para-hydroxylation sites is 1. The Morgan fingerprint density at radius 3 is 2.56 bits per heavy atom. The van der Waals surface area contributed by atoms with Gasteiger partial charge >= 0.3 is 0 Å². The molecule has 0 spiro atoms. The van der Waals surface area contributed by atoms with Crippen molar-refractivity contribution < 1.29 is 0 Å². The van der Waals surface area contributed by atoms with Gasteiger partial charge < -0.3 is 4.57 Å². The summed E-state index contributed by atoms with van der Waals surface area (Å²) in [6.07, 6.45) is 2.03. The molecular weight excluding hydrogens is 220 g/mol. The van der Waals surface area contributed by atoms with Gasteiger partial charge in [0.05, 0.1) is 12.0 Å². The minimum atomic E-state index is 0.0867. The van der Waals surface area contributed by atoms with Gasteiger partial charge in [0.1, 0.15) is 0 Å². The SMILES string of the molecule is Cc1c2c(c(C)n1-c1ccccc1)C(C#N)CC2. The summed E-state index contributed by atoms with van der Waals surface area (Å²) in [6, 6.07) is 12.8. The lowest BCUT2D eigenvalue weighted by Gasteiger charge is -2.11. The number of aromatic nitrogens is 1. The van der Waals surface area contributed by atoms with Crippen LogP contribution in [0.5, 0.6) is 0 Å². The first-order valence-electron chi connectivity index (χ1n) is 6.39. The Kier molecular flexibility index (Phi) is 2.48. The molecule has 18 heavy (non-hydrogen) atoms. The van der Waals surface area contributed by atoms with Crippen LogP contribution in [0, 0.1) is 25.2 Å². The maximum Gasteiger partial charge on any atom is 0.0736 e. The van der Waals surface area contributed by atoms with E-state index in [4.69, 9.17) is 0 Å². The maximum atomic E-state index is 9.25. The molecule has 2 heteroatoms. The fraction of sp³-hybridized carbons (Fsp3) is 0.312. The second kappa shape index (κ2) is 4.03. The highest BCUT2D eigenvalue weighted by atomic mass is 15.0. The fourth-order valence-electron chi connectivity index (χ4n) is 3.22. The highest BCUT2D eigenvalue weighted by Gasteiger charge is 2.29. The Balaban J connectivity index is 2.23. The first-order chi connectivity index (χ1) is 8.74. The van der Waals surface area contributed by atoms with Crippen molar-refractivity contribution in [3.8, 4) is 11.8 Å². The van der Waals surface area contributed by atoms with Gasteiger partial charge in [-0.1, -0.05) is 18.2 Å². The van der Waals surface area contributed by atoms with Crippen LogP contribution < -0.4 is 0 Å². The van der Waals surface area contributed by atoms with E-state index in [0.29, 0.717) is 0 Å². The number of fused-ring (bicyclic) bond motifs is 1. The zero-order chi connectivity index (χ0) is 12.7. The zero-order valence-corrected chi connectivity index (χ0v) is 10.8. The highest BCUT2D eigenvalue weighted by molar-refractivity contribution is 5.51. The summed E-state index contributed by atoms with van der Waals surface area (Å²) < 4.78 is 2.29. The van der Waals surface area contributed by atoms with Crippen molar-refractivity contribution in [1.29, 1.82) is 5.26 Å². The lowest BCUT2D eigenvalue weighted by molar-refractivity contribution is 0.794. The van der Waals surface area contributed by atoms with E-state index in [-0.39, 0.29) is 5.92 Å². The zero-order valence-electron chi connectivity index (χ0n) is 10.8. The summed E-state index contributed by atoms with van der Waals surface area (Å²) in [5.41, 5.74) is 6.39. The molecule has 1 aliphatic rings. The molecule has 1 aliphatic carbocycles. The lowest BCUT2D eigenvalue weighted by Crippen LogP contribution is -2.01. The predicted octanol–water partition coefficient (Wildman–Crippen LogP) is 3.65. The first-order valence-corrected chi connectivity index (χ1v) is 6.39. The Morgan fingerprint density at radius 2 is 1.89 bits per heavy atom. The molecule has 0 N–H and O–H groups in total. The van der Waals surface area contributed by atoms with Gasteiger partial charge in [-0.25, -0.2) is 0 Å². The molecule has 0 saturated carbocycles. The quantitative estimate of drug-likeness (QED) is 0.743. The largest absolute Gasteiger partial charge is 0.318 e. The Bertz CT molecular complexity index is 629. The monoisotopic (exact) mass is 236 g/mol. The summed E-state index contributed by atoms with van der Waals surface area (Å²) in [6.45, 7) is 4.30. The molecule has 1 aromatic carbocycles. The van der Waals surface area contributed by atoms with Crippen molar-refractivity contribution in [2.75, 3.05) is 0 Å². The van der Waals surface area contributed by atoms with Gasteiger partial charge in [-0.3, -0.25) is 0 Å².